The standard InChI is InChI=1S/C11H20N4/c1-5-8(11(2,3)4)9-10(13-6-12)15-7-14-9/h6-8H,5H2,1-4H3,(H2,12,13)(H,14,15). The number of rotatable bonds is 3. The number of hydrogen-bond donors (Lipinski definition) is 2. The second-order valence-electron chi connectivity index (χ2n) is 4.74. The zero-order valence-electron chi connectivity index (χ0n) is 9.91. The van der Waals surface area contributed by atoms with Crippen molar-refractivity contribution in [2.24, 2.45) is 16.1 Å². The Morgan fingerprint density at radius 3 is 2.73 bits per heavy atom. The van der Waals surface area contributed by atoms with Gasteiger partial charge in [0.25, 0.3) is 0 Å². The van der Waals surface area contributed by atoms with E-state index in [1.807, 2.05) is 0 Å². The molecule has 0 aromatic carbocycles. The number of nitrogens with zero attached hydrogens (tertiary/aromatic N) is 2. The van der Waals surface area contributed by atoms with Crippen LogP contribution in [0.1, 0.15) is 45.7 Å². The van der Waals surface area contributed by atoms with Crippen LogP contribution in [0.5, 0.6) is 0 Å². The molecule has 0 fully saturated rings. The Hall–Kier alpha value is -1.32. The van der Waals surface area contributed by atoms with Crippen molar-refractivity contribution in [2.75, 3.05) is 0 Å². The number of aromatic amines is 1. The first-order chi connectivity index (χ1) is 7.00. The minimum atomic E-state index is 0.183. The third kappa shape index (κ3) is 2.58. The Labute approximate surface area is 91.0 Å². The van der Waals surface area contributed by atoms with Crippen LogP contribution < -0.4 is 5.73 Å². The molecule has 1 aromatic heterocycles. The van der Waals surface area contributed by atoms with Crippen LogP contribution in [0.15, 0.2) is 11.3 Å². The van der Waals surface area contributed by atoms with E-state index in [1.54, 1.807) is 6.33 Å². The van der Waals surface area contributed by atoms with Gasteiger partial charge in [-0.05, 0) is 11.8 Å². The lowest BCUT2D eigenvalue weighted by Crippen LogP contribution is -2.18. The first kappa shape index (κ1) is 11.8. The van der Waals surface area contributed by atoms with E-state index >= 15 is 0 Å². The van der Waals surface area contributed by atoms with Gasteiger partial charge in [-0.1, -0.05) is 27.7 Å². The minimum absolute atomic E-state index is 0.183. The molecule has 1 atom stereocenters. The molecule has 1 rings (SSSR count). The molecular formula is C11H20N4. The predicted molar refractivity (Wildman–Crippen MR) is 63.4 cm³/mol. The highest BCUT2D eigenvalue weighted by atomic mass is 15.0. The largest absolute Gasteiger partial charge is 0.390 e. The lowest BCUT2D eigenvalue weighted by molar-refractivity contribution is 0.308. The minimum Gasteiger partial charge on any atom is -0.390 e. The van der Waals surface area contributed by atoms with Crippen molar-refractivity contribution in [2.45, 2.75) is 40.0 Å². The third-order valence-electron chi connectivity index (χ3n) is 2.63. The Morgan fingerprint density at radius 1 is 1.60 bits per heavy atom. The monoisotopic (exact) mass is 208 g/mol. The maximum Gasteiger partial charge on any atom is 0.154 e. The molecule has 0 aliphatic rings. The zero-order chi connectivity index (χ0) is 11.5. The average Bonchev–Trinajstić information content (AvgIpc) is 2.53. The second kappa shape index (κ2) is 4.47. The highest BCUT2D eigenvalue weighted by Gasteiger charge is 2.28. The number of aromatic nitrogens is 2. The molecule has 0 bridgehead atoms. The molecule has 0 aliphatic carbocycles. The molecule has 0 spiro atoms. The molecule has 4 heteroatoms. The van der Waals surface area contributed by atoms with E-state index in [0.717, 1.165) is 17.9 Å². The summed E-state index contributed by atoms with van der Waals surface area (Å²) in [4.78, 5) is 11.4. The van der Waals surface area contributed by atoms with Gasteiger partial charge in [0.1, 0.15) is 0 Å². The van der Waals surface area contributed by atoms with Gasteiger partial charge in [-0.25, -0.2) is 9.98 Å². The van der Waals surface area contributed by atoms with Gasteiger partial charge >= 0.3 is 0 Å². The summed E-state index contributed by atoms with van der Waals surface area (Å²) < 4.78 is 0. The Kier molecular flexibility index (Phi) is 3.50. The fourth-order valence-electron chi connectivity index (χ4n) is 1.95. The lowest BCUT2D eigenvalue weighted by Gasteiger charge is -2.28. The predicted octanol–water partition coefficient (Wildman–Crippen LogP) is 2.57. The molecule has 4 nitrogen and oxygen atoms in total. The second-order valence-corrected chi connectivity index (χ2v) is 4.74. The average molecular weight is 208 g/mol. The van der Waals surface area contributed by atoms with E-state index in [0.29, 0.717) is 5.92 Å². The van der Waals surface area contributed by atoms with Gasteiger partial charge in [0, 0.05) is 5.92 Å². The SMILES string of the molecule is CCC(c1nc[nH]c1/N=C\N)C(C)(C)C. The van der Waals surface area contributed by atoms with Crippen LogP contribution in [0.25, 0.3) is 0 Å². The van der Waals surface area contributed by atoms with Crippen molar-refractivity contribution < 1.29 is 0 Å². The maximum absolute atomic E-state index is 5.30. The summed E-state index contributed by atoms with van der Waals surface area (Å²) in [6, 6.07) is 0. The van der Waals surface area contributed by atoms with Crippen LogP contribution in [-0.2, 0) is 0 Å². The molecule has 84 valence electrons. The van der Waals surface area contributed by atoms with Crippen LogP contribution in [0.4, 0.5) is 5.82 Å². The summed E-state index contributed by atoms with van der Waals surface area (Å²) in [6.45, 7) is 8.81. The van der Waals surface area contributed by atoms with Crippen molar-refractivity contribution in [3.63, 3.8) is 0 Å². The van der Waals surface area contributed by atoms with Crippen molar-refractivity contribution >= 4 is 12.2 Å². The third-order valence-corrected chi connectivity index (χ3v) is 2.63. The van der Waals surface area contributed by atoms with E-state index in [1.165, 1.54) is 6.34 Å². The molecule has 0 radical (unpaired) electrons. The number of nitrogens with one attached hydrogen (secondary N) is 1. The normalized spacial score (nSPS) is 14.7. The van der Waals surface area contributed by atoms with Gasteiger partial charge < -0.3 is 10.7 Å². The molecule has 0 saturated heterocycles. The highest BCUT2D eigenvalue weighted by Crippen LogP contribution is 2.39. The van der Waals surface area contributed by atoms with Gasteiger partial charge in [-0.3, -0.25) is 0 Å². The number of nitrogens with two attached hydrogens (primary N) is 1. The first-order valence-electron chi connectivity index (χ1n) is 5.28. The molecule has 1 unspecified atom stereocenters. The topological polar surface area (TPSA) is 67.1 Å². The number of imidazole rings is 1. The van der Waals surface area contributed by atoms with E-state index in [9.17, 15) is 0 Å². The van der Waals surface area contributed by atoms with E-state index in [-0.39, 0.29) is 5.41 Å². The Bertz CT molecular complexity index is 333. The number of hydrogen-bond acceptors (Lipinski definition) is 2. The molecule has 3 N–H and O–H groups in total. The van der Waals surface area contributed by atoms with Gasteiger partial charge in [0.05, 0.1) is 18.4 Å². The molecule has 1 heterocycles. The molecule has 0 saturated carbocycles. The smallest absolute Gasteiger partial charge is 0.154 e. The van der Waals surface area contributed by atoms with E-state index in [4.69, 9.17) is 5.73 Å². The molecule has 1 aromatic rings. The first-order valence-corrected chi connectivity index (χ1v) is 5.28. The Balaban J connectivity index is 3.07. The summed E-state index contributed by atoms with van der Waals surface area (Å²) in [5.74, 6) is 1.17. The number of H-pyrrole nitrogens is 1. The molecule has 0 amide bonds. The van der Waals surface area contributed by atoms with E-state index < -0.39 is 0 Å². The summed E-state index contributed by atoms with van der Waals surface area (Å²) >= 11 is 0. The van der Waals surface area contributed by atoms with Gasteiger partial charge in [0.15, 0.2) is 5.82 Å². The summed E-state index contributed by atoms with van der Waals surface area (Å²) in [7, 11) is 0. The van der Waals surface area contributed by atoms with Crippen molar-refractivity contribution in [3.05, 3.63) is 12.0 Å². The van der Waals surface area contributed by atoms with Crippen LogP contribution in [0, 0.1) is 5.41 Å². The lowest BCUT2D eigenvalue weighted by atomic mass is 9.77. The summed E-state index contributed by atoms with van der Waals surface area (Å²) in [5, 5.41) is 0. The van der Waals surface area contributed by atoms with Crippen molar-refractivity contribution in [1.82, 2.24) is 9.97 Å². The van der Waals surface area contributed by atoms with Crippen LogP contribution >= 0.6 is 0 Å². The van der Waals surface area contributed by atoms with Gasteiger partial charge in [-0.15, -0.1) is 0 Å². The van der Waals surface area contributed by atoms with Crippen LogP contribution in [-0.4, -0.2) is 16.3 Å². The number of aliphatic imine (C=N–C) groups is 1. The van der Waals surface area contributed by atoms with E-state index in [2.05, 4.69) is 42.7 Å². The maximum atomic E-state index is 5.30. The zero-order valence-corrected chi connectivity index (χ0v) is 9.91. The fraction of sp³-hybridized carbons (Fsp3) is 0.636. The van der Waals surface area contributed by atoms with Crippen molar-refractivity contribution in [3.8, 4) is 0 Å². The highest BCUT2D eigenvalue weighted by molar-refractivity contribution is 5.58. The molecular weight excluding hydrogens is 188 g/mol. The quantitative estimate of drug-likeness (QED) is 0.592. The van der Waals surface area contributed by atoms with Crippen LogP contribution in [0.3, 0.4) is 0 Å². The summed E-state index contributed by atoms with van der Waals surface area (Å²) in [5.41, 5.74) is 6.49. The Morgan fingerprint density at radius 2 is 2.27 bits per heavy atom. The summed E-state index contributed by atoms with van der Waals surface area (Å²) in [6.07, 6.45) is 4.01. The van der Waals surface area contributed by atoms with Crippen molar-refractivity contribution in [1.29, 1.82) is 0 Å². The van der Waals surface area contributed by atoms with Crippen LogP contribution in [0.2, 0.25) is 0 Å². The molecule has 15 heavy (non-hydrogen) atoms. The molecule has 0 aliphatic heterocycles. The van der Waals surface area contributed by atoms with Gasteiger partial charge in [-0.2, -0.15) is 0 Å². The fourth-order valence-corrected chi connectivity index (χ4v) is 1.95. The van der Waals surface area contributed by atoms with Gasteiger partial charge in [0.2, 0.25) is 0 Å².